The number of nitrogens with zero attached hydrogens (tertiary/aromatic N) is 2. The molecule has 3 nitrogen and oxygen atoms in total. The van der Waals surface area contributed by atoms with Crippen molar-refractivity contribution >= 4 is 41.4 Å². The van der Waals surface area contributed by atoms with E-state index in [-0.39, 0.29) is 5.41 Å². The quantitative estimate of drug-likeness (QED) is 0.454. The summed E-state index contributed by atoms with van der Waals surface area (Å²) in [5.41, 5.74) is 2.12. The van der Waals surface area contributed by atoms with Crippen molar-refractivity contribution in [2.45, 2.75) is 39.3 Å². The molecule has 0 unspecified atom stereocenters. The minimum absolute atomic E-state index is 0.0801. The van der Waals surface area contributed by atoms with Crippen molar-refractivity contribution < 1.29 is 26.0 Å². The molecule has 3 rings (SSSR count). The Balaban J connectivity index is 0.000000878. The Morgan fingerprint density at radius 2 is 1.61 bits per heavy atom. The van der Waals surface area contributed by atoms with Crippen LogP contribution in [0, 0.1) is 0 Å². The van der Waals surface area contributed by atoms with Gasteiger partial charge in [0.25, 0.3) is 0 Å². The predicted octanol–water partition coefficient (Wildman–Crippen LogP) is 5.70. The first-order valence-electron chi connectivity index (χ1n) is 9.15. The number of aromatic nitrogens is 1. The molecule has 150 valence electrons. The molecule has 0 amide bonds. The van der Waals surface area contributed by atoms with Gasteiger partial charge in [0.15, 0.2) is 0 Å². The van der Waals surface area contributed by atoms with E-state index in [1.807, 2.05) is 6.07 Å². The van der Waals surface area contributed by atoms with Crippen LogP contribution in [-0.4, -0.2) is 25.1 Å². The number of phenolic OH excluding ortho intramolecular Hbond substituents is 1. The van der Waals surface area contributed by atoms with Gasteiger partial charge >= 0.3 is 37.9 Å². The van der Waals surface area contributed by atoms with Crippen molar-refractivity contribution in [3.05, 3.63) is 60.3 Å². The summed E-state index contributed by atoms with van der Waals surface area (Å²) < 4.78 is 4.53. The molecule has 0 fully saturated rings. The fourth-order valence-electron chi connectivity index (χ4n) is 3.42. The Morgan fingerprint density at radius 1 is 1.00 bits per heavy atom. The summed E-state index contributed by atoms with van der Waals surface area (Å²) in [5, 5.41) is 13.3. The number of aromatic hydroxyl groups is 1. The molecule has 0 spiro atoms. The van der Waals surface area contributed by atoms with Crippen LogP contribution in [0.1, 0.15) is 26.3 Å². The number of fused-ring (bicyclic) bond motifs is 1. The molecule has 28 heavy (non-hydrogen) atoms. The molecular weight excluding hydrogens is 486 g/mol. The molecule has 0 saturated heterocycles. The fourth-order valence-corrected chi connectivity index (χ4v) is 5.70. The van der Waals surface area contributed by atoms with Gasteiger partial charge in [-0.25, -0.2) is 0 Å². The van der Waals surface area contributed by atoms with Gasteiger partial charge in [-0.05, 0) is 36.2 Å². The van der Waals surface area contributed by atoms with E-state index in [1.165, 1.54) is 10.9 Å². The molecule has 1 N–H and O–H groups in total. The molecule has 2 aromatic carbocycles. The Labute approximate surface area is 188 Å². The van der Waals surface area contributed by atoms with Gasteiger partial charge in [0.1, 0.15) is 5.75 Å². The molecule has 3 aromatic rings. The maximum absolute atomic E-state index is 11.0. The van der Waals surface area contributed by atoms with Crippen LogP contribution >= 0.6 is 17.0 Å². The summed E-state index contributed by atoms with van der Waals surface area (Å²) in [6.45, 7) is 11.0. The normalized spacial score (nSPS) is 11.7. The monoisotopic (exact) mass is 512 g/mol. The molecule has 1 heterocycles. The van der Waals surface area contributed by atoms with E-state index in [1.54, 1.807) is 0 Å². The molecule has 0 saturated carbocycles. The average molecular weight is 515 g/mol. The standard InChI is InChI=1S/C21H28N2OSi.2ClH.Zr/c1-21(2,3)17-11-9-13-19(20(17)24)25(5,6)22(4)23-15-14-16-10-7-8-12-18(16)23;;;/h7-15,24H,1-6H3;2*1H;/q;;;+2/p-2. The molecule has 0 aliphatic rings. The Bertz CT molecular complexity index is 938. The number of hydrogen-bond acceptors (Lipinski definition) is 2. The van der Waals surface area contributed by atoms with Crippen LogP contribution in [0.3, 0.4) is 0 Å². The van der Waals surface area contributed by atoms with Crippen molar-refractivity contribution in [1.82, 2.24) is 4.68 Å². The zero-order valence-corrected chi connectivity index (χ0v) is 22.3. The van der Waals surface area contributed by atoms with Gasteiger partial charge in [-0.15, -0.1) is 0 Å². The van der Waals surface area contributed by atoms with Crippen LogP contribution < -0.4 is 9.86 Å². The van der Waals surface area contributed by atoms with Crippen LogP contribution in [-0.2, 0) is 26.3 Å². The molecule has 0 aliphatic carbocycles. The fraction of sp³-hybridized carbons (Fsp3) is 0.333. The number of para-hydroxylation sites is 2. The predicted molar refractivity (Wildman–Crippen MR) is 122 cm³/mol. The van der Waals surface area contributed by atoms with E-state index in [4.69, 9.17) is 17.0 Å². The van der Waals surface area contributed by atoms with E-state index >= 15 is 0 Å². The molecule has 7 heteroatoms. The first-order chi connectivity index (χ1) is 13.1. The third-order valence-corrected chi connectivity index (χ3v) is 8.77. The van der Waals surface area contributed by atoms with Gasteiger partial charge in [0.2, 0.25) is 8.24 Å². The molecule has 0 atom stereocenters. The number of hydrogen-bond donors (Lipinski definition) is 1. The number of halogens is 2. The summed E-state index contributed by atoms with van der Waals surface area (Å²) >= 11 is -0.826. The van der Waals surface area contributed by atoms with Gasteiger partial charge in [-0.2, -0.15) is 0 Å². The third-order valence-electron chi connectivity index (χ3n) is 5.21. The van der Waals surface area contributed by atoms with Crippen LogP contribution in [0.15, 0.2) is 54.7 Å². The van der Waals surface area contributed by atoms with E-state index in [2.05, 4.69) is 98.9 Å². The average Bonchev–Trinajstić information content (AvgIpc) is 3.04. The van der Waals surface area contributed by atoms with Gasteiger partial charge in [-0.1, -0.05) is 57.2 Å². The first-order valence-corrected chi connectivity index (χ1v) is 18.4. The Morgan fingerprint density at radius 3 is 2.21 bits per heavy atom. The van der Waals surface area contributed by atoms with E-state index in [0.717, 1.165) is 10.8 Å². The van der Waals surface area contributed by atoms with E-state index in [9.17, 15) is 5.11 Å². The summed E-state index contributed by atoms with van der Waals surface area (Å²) in [7, 11) is 9.88. The van der Waals surface area contributed by atoms with Gasteiger partial charge < -0.3 is 9.78 Å². The Kier molecular flexibility index (Phi) is 7.89. The van der Waals surface area contributed by atoms with Crippen molar-refractivity contribution in [3.8, 4) is 5.75 Å². The first kappa shape index (κ1) is 23.5. The third kappa shape index (κ3) is 4.87. The Hall–Kier alpha value is -0.740. The van der Waals surface area contributed by atoms with Gasteiger partial charge in [0, 0.05) is 23.8 Å². The SMILES string of the molecule is CN(n1ccc2ccccc21)[Si](C)(C)c1cccc(C(C)(C)C)c1O.[Cl][Zr][Cl]. The second-order valence-corrected chi connectivity index (χ2v) is 16.4. The summed E-state index contributed by atoms with van der Waals surface area (Å²) in [6.07, 6.45) is 2.12. The van der Waals surface area contributed by atoms with Crippen molar-refractivity contribution in [2.75, 3.05) is 11.7 Å². The number of rotatable bonds is 3. The van der Waals surface area contributed by atoms with E-state index in [0.29, 0.717) is 5.75 Å². The van der Waals surface area contributed by atoms with Crippen LogP contribution in [0.5, 0.6) is 5.75 Å². The zero-order chi connectivity index (χ0) is 21.1. The van der Waals surface area contributed by atoms with Crippen LogP contribution in [0.4, 0.5) is 0 Å². The van der Waals surface area contributed by atoms with Gasteiger partial charge in [0.05, 0.1) is 5.52 Å². The summed E-state index contributed by atoms with van der Waals surface area (Å²) in [5.74, 6) is 0.454. The van der Waals surface area contributed by atoms with Crippen molar-refractivity contribution in [1.29, 1.82) is 0 Å². The molecule has 0 bridgehead atoms. The number of benzene rings is 2. The van der Waals surface area contributed by atoms with Crippen LogP contribution in [0.25, 0.3) is 10.9 Å². The van der Waals surface area contributed by atoms with Crippen molar-refractivity contribution in [2.24, 2.45) is 0 Å². The second kappa shape index (κ2) is 9.38. The second-order valence-electron chi connectivity index (χ2n) is 8.32. The zero-order valence-electron chi connectivity index (χ0n) is 17.3. The molecule has 0 radical (unpaired) electrons. The molecule has 1 aromatic heterocycles. The molecular formula is C21H28Cl2N2OSiZr. The molecule has 0 aliphatic heterocycles. The van der Waals surface area contributed by atoms with Crippen molar-refractivity contribution in [3.63, 3.8) is 0 Å². The number of phenols is 1. The maximum atomic E-state index is 11.0. The summed E-state index contributed by atoms with van der Waals surface area (Å²) in [4.78, 5) is 0. The van der Waals surface area contributed by atoms with E-state index < -0.39 is 29.1 Å². The summed E-state index contributed by atoms with van der Waals surface area (Å²) in [6, 6.07) is 16.7. The van der Waals surface area contributed by atoms with Crippen LogP contribution in [0.2, 0.25) is 13.1 Å². The topological polar surface area (TPSA) is 28.4 Å². The van der Waals surface area contributed by atoms with Gasteiger partial charge in [-0.3, -0.25) is 4.68 Å². The minimum atomic E-state index is -2.11.